The molecule has 7 heteroatoms. The molecule has 0 spiro atoms. The minimum absolute atomic E-state index is 0.0744. The average Bonchev–Trinajstić information content (AvgIpc) is 3.36. The Kier molecular flexibility index (Phi) is 4.51. The van der Waals surface area contributed by atoms with Crippen molar-refractivity contribution in [3.05, 3.63) is 76.5 Å². The van der Waals surface area contributed by atoms with Crippen LogP contribution in [-0.2, 0) is 0 Å². The van der Waals surface area contributed by atoms with E-state index in [2.05, 4.69) is 32.7 Å². The number of hydrogen-bond donors (Lipinski definition) is 0. The smallest absolute Gasteiger partial charge is 0.161 e. The number of fused-ring (bicyclic) bond motifs is 1. The lowest BCUT2D eigenvalue weighted by Crippen LogP contribution is -2.28. The molecule has 1 fully saturated rings. The highest BCUT2D eigenvalue weighted by molar-refractivity contribution is 9.10. The van der Waals surface area contributed by atoms with Gasteiger partial charge in [0.05, 0.1) is 11.3 Å². The van der Waals surface area contributed by atoms with Crippen LogP contribution < -0.4 is 0 Å². The van der Waals surface area contributed by atoms with Crippen molar-refractivity contribution >= 4 is 32.9 Å². The molecule has 5 rings (SSSR count). The van der Waals surface area contributed by atoms with E-state index in [-0.39, 0.29) is 17.9 Å². The van der Waals surface area contributed by atoms with Crippen molar-refractivity contribution < 1.29 is 8.81 Å². The molecule has 28 heavy (non-hydrogen) atoms. The zero-order valence-corrected chi connectivity index (χ0v) is 17.5. The van der Waals surface area contributed by atoms with E-state index < -0.39 is 0 Å². The van der Waals surface area contributed by atoms with Gasteiger partial charge in [0.1, 0.15) is 29.4 Å². The molecule has 0 radical (unpaired) electrons. The molecule has 142 valence electrons. The normalized spacial score (nSPS) is 23.8. The van der Waals surface area contributed by atoms with Gasteiger partial charge in [0.15, 0.2) is 5.17 Å². The van der Waals surface area contributed by atoms with Crippen LogP contribution in [0.25, 0.3) is 11.3 Å². The molecule has 0 amide bonds. The Balaban J connectivity index is 1.54. The van der Waals surface area contributed by atoms with Gasteiger partial charge in [0, 0.05) is 22.5 Å². The molecular weight excluding hydrogens is 441 g/mol. The number of nitrogens with zero attached hydrogens (tertiary/aromatic N) is 3. The molecule has 3 atom stereocenters. The van der Waals surface area contributed by atoms with Crippen molar-refractivity contribution in [2.45, 2.75) is 24.3 Å². The SMILES string of the molecule is C[C@H]1CN2C(=N[C@@H](c3ccccn3)[C@@H]2c2ccc(-c3ccc(Br)cc3F)o2)S1. The number of benzene rings is 1. The molecule has 0 saturated carbocycles. The molecule has 4 heterocycles. The Hall–Kier alpha value is -2.12. The Morgan fingerprint density at radius 1 is 1.21 bits per heavy atom. The third kappa shape index (κ3) is 3.06. The van der Waals surface area contributed by atoms with Crippen molar-refractivity contribution in [1.29, 1.82) is 0 Å². The fraction of sp³-hybridized carbons (Fsp3) is 0.238. The number of halogens is 2. The number of pyridine rings is 1. The summed E-state index contributed by atoms with van der Waals surface area (Å²) in [7, 11) is 0. The number of amidine groups is 1. The van der Waals surface area contributed by atoms with Crippen molar-refractivity contribution in [2.75, 3.05) is 6.54 Å². The molecule has 0 unspecified atom stereocenters. The second-order valence-electron chi connectivity index (χ2n) is 6.96. The summed E-state index contributed by atoms with van der Waals surface area (Å²) in [6.07, 6.45) is 1.79. The molecule has 0 aliphatic carbocycles. The van der Waals surface area contributed by atoms with Crippen LogP contribution in [0.4, 0.5) is 4.39 Å². The lowest BCUT2D eigenvalue weighted by molar-refractivity contribution is 0.277. The zero-order chi connectivity index (χ0) is 19.3. The molecule has 2 aromatic heterocycles. The van der Waals surface area contributed by atoms with Crippen molar-refractivity contribution in [1.82, 2.24) is 9.88 Å². The zero-order valence-electron chi connectivity index (χ0n) is 15.0. The van der Waals surface area contributed by atoms with E-state index in [9.17, 15) is 4.39 Å². The Morgan fingerprint density at radius 3 is 2.89 bits per heavy atom. The summed E-state index contributed by atoms with van der Waals surface area (Å²) in [5.74, 6) is 0.986. The summed E-state index contributed by atoms with van der Waals surface area (Å²) >= 11 is 5.08. The maximum Gasteiger partial charge on any atom is 0.161 e. The van der Waals surface area contributed by atoms with Gasteiger partial charge in [-0.15, -0.1) is 0 Å². The van der Waals surface area contributed by atoms with Crippen LogP contribution in [0.2, 0.25) is 0 Å². The molecule has 0 bridgehead atoms. The first-order chi connectivity index (χ1) is 13.6. The summed E-state index contributed by atoms with van der Waals surface area (Å²) < 4.78 is 21.3. The van der Waals surface area contributed by atoms with Crippen molar-refractivity contribution in [2.24, 2.45) is 4.99 Å². The Labute approximate surface area is 175 Å². The van der Waals surface area contributed by atoms with E-state index in [4.69, 9.17) is 9.41 Å². The van der Waals surface area contributed by atoms with Crippen LogP contribution in [0.1, 0.15) is 30.5 Å². The third-order valence-electron chi connectivity index (χ3n) is 5.00. The minimum Gasteiger partial charge on any atom is -0.459 e. The van der Waals surface area contributed by atoms with Crippen LogP contribution >= 0.6 is 27.7 Å². The van der Waals surface area contributed by atoms with Gasteiger partial charge in [-0.25, -0.2) is 9.38 Å². The number of aromatic nitrogens is 1. The lowest BCUT2D eigenvalue weighted by Gasteiger charge is -2.25. The van der Waals surface area contributed by atoms with Gasteiger partial charge in [-0.3, -0.25) is 4.98 Å². The predicted molar refractivity (Wildman–Crippen MR) is 113 cm³/mol. The van der Waals surface area contributed by atoms with Crippen LogP contribution in [-0.4, -0.2) is 26.8 Å². The second kappa shape index (κ2) is 7.04. The van der Waals surface area contributed by atoms with Gasteiger partial charge < -0.3 is 9.32 Å². The molecule has 1 saturated heterocycles. The van der Waals surface area contributed by atoms with Crippen LogP contribution in [0.15, 0.2) is 68.6 Å². The van der Waals surface area contributed by atoms with E-state index in [0.29, 0.717) is 21.0 Å². The standard InChI is InChI=1S/C21H17BrFN3OS/c1-12-11-26-20(19(25-21(26)28-12)16-4-2-3-9-24-16)18-8-7-17(27-18)14-6-5-13(22)10-15(14)23/h2-10,12,19-20H,11H2,1H3/t12-,19-,20-/m0/s1. The van der Waals surface area contributed by atoms with Gasteiger partial charge in [-0.05, 0) is 42.5 Å². The highest BCUT2D eigenvalue weighted by atomic mass is 79.9. The molecule has 1 aromatic carbocycles. The largest absolute Gasteiger partial charge is 0.459 e. The van der Waals surface area contributed by atoms with E-state index in [1.54, 1.807) is 24.0 Å². The number of hydrogen-bond acceptors (Lipinski definition) is 5. The summed E-state index contributed by atoms with van der Waals surface area (Å²) in [5.41, 5.74) is 1.36. The lowest BCUT2D eigenvalue weighted by atomic mass is 10.0. The number of aliphatic imine (C=N–C) groups is 1. The summed E-state index contributed by atoms with van der Waals surface area (Å²) in [5, 5.41) is 1.50. The van der Waals surface area contributed by atoms with E-state index in [1.165, 1.54) is 6.07 Å². The maximum absolute atomic E-state index is 14.4. The van der Waals surface area contributed by atoms with Crippen molar-refractivity contribution in [3.63, 3.8) is 0 Å². The monoisotopic (exact) mass is 457 g/mol. The molecule has 3 aromatic rings. The number of thioether (sulfide) groups is 1. The molecule has 4 nitrogen and oxygen atoms in total. The van der Waals surface area contributed by atoms with Crippen molar-refractivity contribution in [3.8, 4) is 11.3 Å². The molecule has 2 aliphatic rings. The van der Waals surface area contributed by atoms with Crippen LogP contribution in [0.5, 0.6) is 0 Å². The number of furan rings is 1. The predicted octanol–water partition coefficient (Wildman–Crippen LogP) is 5.83. The molecule has 0 N–H and O–H groups in total. The highest BCUT2D eigenvalue weighted by Gasteiger charge is 2.45. The summed E-state index contributed by atoms with van der Waals surface area (Å²) in [4.78, 5) is 11.8. The average molecular weight is 458 g/mol. The molecular formula is C21H17BrFN3OS. The van der Waals surface area contributed by atoms with Gasteiger partial charge >= 0.3 is 0 Å². The van der Waals surface area contributed by atoms with E-state index >= 15 is 0 Å². The van der Waals surface area contributed by atoms with Gasteiger partial charge in [-0.1, -0.05) is 40.7 Å². The van der Waals surface area contributed by atoms with Gasteiger partial charge in [0.2, 0.25) is 0 Å². The highest BCUT2D eigenvalue weighted by Crippen LogP contribution is 2.48. The fourth-order valence-corrected chi connectivity index (χ4v) is 5.20. The first-order valence-corrected chi connectivity index (χ1v) is 10.7. The van der Waals surface area contributed by atoms with E-state index in [0.717, 1.165) is 23.2 Å². The maximum atomic E-state index is 14.4. The van der Waals surface area contributed by atoms with Crippen LogP contribution in [0, 0.1) is 5.82 Å². The first kappa shape index (κ1) is 17.9. The second-order valence-corrected chi connectivity index (χ2v) is 9.28. The Bertz CT molecular complexity index is 1050. The van der Waals surface area contributed by atoms with E-state index in [1.807, 2.05) is 36.4 Å². The number of rotatable bonds is 3. The summed E-state index contributed by atoms with van der Waals surface area (Å²) in [6, 6.07) is 14.4. The fourth-order valence-electron chi connectivity index (χ4n) is 3.77. The third-order valence-corrected chi connectivity index (χ3v) is 6.59. The van der Waals surface area contributed by atoms with Gasteiger partial charge in [0.25, 0.3) is 0 Å². The Morgan fingerprint density at radius 2 is 2.11 bits per heavy atom. The summed E-state index contributed by atoms with van der Waals surface area (Å²) in [6.45, 7) is 3.10. The van der Waals surface area contributed by atoms with Gasteiger partial charge in [-0.2, -0.15) is 0 Å². The van der Waals surface area contributed by atoms with Crippen LogP contribution in [0.3, 0.4) is 0 Å². The minimum atomic E-state index is -0.315. The first-order valence-electron chi connectivity index (χ1n) is 9.07. The molecule has 2 aliphatic heterocycles. The quantitative estimate of drug-likeness (QED) is 0.495. The topological polar surface area (TPSA) is 41.6 Å².